The fourth-order valence-corrected chi connectivity index (χ4v) is 9.91. The summed E-state index contributed by atoms with van der Waals surface area (Å²) in [4.78, 5) is 68.5. The summed E-state index contributed by atoms with van der Waals surface area (Å²) in [5.74, 6) is 0.691. The van der Waals surface area contributed by atoms with Gasteiger partial charge in [-0.1, -0.05) is 19.8 Å². The summed E-state index contributed by atoms with van der Waals surface area (Å²) >= 11 is 0. The Hall–Kier alpha value is -5.55. The molecule has 1 saturated carbocycles. The number of anilines is 6. The summed E-state index contributed by atoms with van der Waals surface area (Å²) in [6, 6.07) is 9.48. The lowest BCUT2D eigenvalue weighted by atomic mass is 9.86. The Bertz CT molecular complexity index is 2150. The molecule has 4 aliphatic heterocycles. The average Bonchev–Trinajstić information content (AvgIpc) is 3.82. The molecule has 8 rings (SSSR count). The van der Waals surface area contributed by atoms with E-state index in [0.29, 0.717) is 71.6 Å². The zero-order chi connectivity index (χ0) is 43.5. The van der Waals surface area contributed by atoms with E-state index in [2.05, 4.69) is 41.0 Å². The van der Waals surface area contributed by atoms with E-state index in [-0.39, 0.29) is 48.7 Å². The number of carbonyl (C=O) groups excluding carboxylic acids is 4. The Morgan fingerprint density at radius 3 is 2.44 bits per heavy atom. The maximum absolute atomic E-state index is 15.3. The minimum Gasteiger partial charge on any atom is -0.495 e. The number of ether oxygens (including phenoxy) is 1. The van der Waals surface area contributed by atoms with Gasteiger partial charge in [0, 0.05) is 63.5 Å². The van der Waals surface area contributed by atoms with E-state index in [1.807, 2.05) is 6.92 Å². The number of aliphatic hydroxyl groups is 1. The minimum atomic E-state index is -0.759. The summed E-state index contributed by atoms with van der Waals surface area (Å²) in [5, 5.41) is 22.4. The minimum absolute atomic E-state index is 0.0532. The van der Waals surface area contributed by atoms with E-state index in [1.165, 1.54) is 6.07 Å². The summed E-state index contributed by atoms with van der Waals surface area (Å²) < 4.78 is 21.0. The second kappa shape index (κ2) is 18.4. The summed E-state index contributed by atoms with van der Waals surface area (Å²) in [7, 11) is 3.32. The van der Waals surface area contributed by atoms with Crippen LogP contribution in [0.4, 0.5) is 38.9 Å². The van der Waals surface area contributed by atoms with Gasteiger partial charge < -0.3 is 45.4 Å². The molecule has 1 aromatic heterocycles. The van der Waals surface area contributed by atoms with Crippen LogP contribution >= 0.6 is 0 Å². The molecule has 17 heteroatoms. The van der Waals surface area contributed by atoms with Crippen LogP contribution in [-0.2, 0) is 14.4 Å². The Labute approximate surface area is 361 Å². The molecule has 0 spiro atoms. The van der Waals surface area contributed by atoms with Gasteiger partial charge in [0.05, 0.1) is 36.8 Å². The number of amides is 4. The quantitative estimate of drug-likeness (QED) is 0.151. The van der Waals surface area contributed by atoms with E-state index >= 15 is 4.39 Å². The van der Waals surface area contributed by atoms with Gasteiger partial charge in [0.25, 0.3) is 5.91 Å². The normalized spacial score (nSPS) is 22.3. The standard InChI is InChI=1S/C45H59FN10O6/c1-4-35-43(61)53(2)37-25-47-44(51-40(37)56(35)31-7-5-6-8-31)49-33-11-9-29(23-38(33)62-3)41(59)52-45(27-57)17-21-54(22-18-45)26-28-15-19-55(20-16-28)36-13-10-30(24-32(36)46)48-34-12-14-39(58)50-42(34)60/h9-11,13,23-25,28,31,34-35,48,57H,4-8,12,14-22,26-27H2,1-3H3,(H,52,59)(H,47,49,51)(H,50,58,60)/t34?,35-/m1/s1. The van der Waals surface area contributed by atoms with Crippen LogP contribution in [-0.4, -0.2) is 121 Å². The third kappa shape index (κ3) is 9.00. The Kier molecular flexibility index (Phi) is 12.8. The average molecular weight is 855 g/mol. The molecule has 2 atom stereocenters. The second-order valence-corrected chi connectivity index (χ2v) is 17.5. The number of hydrogen-bond acceptors (Lipinski definition) is 13. The highest BCUT2D eigenvalue weighted by Crippen LogP contribution is 2.41. The molecule has 1 aliphatic carbocycles. The number of methoxy groups -OCH3 is 1. The van der Waals surface area contributed by atoms with Crippen molar-refractivity contribution in [2.24, 2.45) is 5.92 Å². The van der Waals surface area contributed by atoms with Crippen molar-refractivity contribution in [3.63, 3.8) is 0 Å². The van der Waals surface area contributed by atoms with Crippen LogP contribution in [0, 0.1) is 11.7 Å². The highest BCUT2D eigenvalue weighted by Gasteiger charge is 2.42. The van der Waals surface area contributed by atoms with Crippen LogP contribution in [0.25, 0.3) is 0 Å². The van der Waals surface area contributed by atoms with Crippen molar-refractivity contribution < 1.29 is 33.4 Å². The van der Waals surface area contributed by atoms with E-state index < -0.39 is 17.5 Å². The first kappa shape index (κ1) is 43.1. The van der Waals surface area contributed by atoms with Gasteiger partial charge in [0.2, 0.25) is 23.7 Å². The molecule has 1 unspecified atom stereocenters. The number of benzene rings is 2. The molecule has 5 aliphatic rings. The number of nitrogens with zero attached hydrogens (tertiary/aromatic N) is 6. The van der Waals surface area contributed by atoms with Gasteiger partial charge in [-0.15, -0.1) is 0 Å². The maximum atomic E-state index is 15.3. The van der Waals surface area contributed by atoms with Gasteiger partial charge >= 0.3 is 0 Å². The van der Waals surface area contributed by atoms with Crippen LogP contribution < -0.4 is 40.7 Å². The van der Waals surface area contributed by atoms with Gasteiger partial charge in [0.1, 0.15) is 29.3 Å². The van der Waals surface area contributed by atoms with Crippen molar-refractivity contribution in [1.29, 1.82) is 0 Å². The number of hydrogen-bond donors (Lipinski definition) is 5. The van der Waals surface area contributed by atoms with Crippen molar-refractivity contribution >= 4 is 58.1 Å². The van der Waals surface area contributed by atoms with Crippen molar-refractivity contribution in [3.8, 4) is 5.75 Å². The van der Waals surface area contributed by atoms with Crippen molar-refractivity contribution in [2.45, 2.75) is 101 Å². The predicted octanol–water partition coefficient (Wildman–Crippen LogP) is 4.56. The lowest BCUT2D eigenvalue weighted by Crippen LogP contribution is -2.58. The van der Waals surface area contributed by atoms with Crippen LogP contribution in [0.3, 0.4) is 0 Å². The molecule has 3 saturated heterocycles. The molecule has 4 fully saturated rings. The van der Waals surface area contributed by atoms with Gasteiger partial charge in [-0.2, -0.15) is 4.98 Å². The molecule has 2 aromatic carbocycles. The number of imide groups is 1. The van der Waals surface area contributed by atoms with Crippen LogP contribution in [0.15, 0.2) is 42.6 Å². The van der Waals surface area contributed by atoms with E-state index in [1.54, 1.807) is 55.6 Å². The first-order valence-corrected chi connectivity index (χ1v) is 22.2. The number of piperidine rings is 3. The van der Waals surface area contributed by atoms with Crippen LogP contribution in [0.2, 0.25) is 0 Å². The number of halogens is 1. The van der Waals surface area contributed by atoms with Crippen molar-refractivity contribution in [3.05, 3.63) is 54.0 Å². The molecule has 5 heterocycles. The second-order valence-electron chi connectivity index (χ2n) is 17.5. The summed E-state index contributed by atoms with van der Waals surface area (Å²) in [5.41, 5.74) is 1.95. The molecule has 16 nitrogen and oxygen atoms in total. The molecule has 3 aromatic rings. The number of fused-ring (bicyclic) bond motifs is 1. The molecule has 0 radical (unpaired) electrons. The van der Waals surface area contributed by atoms with E-state index in [4.69, 9.17) is 9.72 Å². The Balaban J connectivity index is 0.836. The number of aromatic nitrogens is 2. The zero-order valence-electron chi connectivity index (χ0n) is 35.9. The van der Waals surface area contributed by atoms with Crippen molar-refractivity contribution in [2.75, 3.05) is 78.8 Å². The molecular weight excluding hydrogens is 796 g/mol. The number of nitrogens with one attached hydrogen (secondary N) is 4. The molecule has 62 heavy (non-hydrogen) atoms. The maximum Gasteiger partial charge on any atom is 0.251 e. The molecular formula is C45H59FN10O6. The number of likely N-dealkylation sites (tertiary alicyclic amines) is 1. The summed E-state index contributed by atoms with van der Waals surface area (Å²) in [6.45, 7) is 5.66. The fourth-order valence-electron chi connectivity index (χ4n) is 9.91. The fraction of sp³-hybridized carbons (Fsp3) is 0.556. The number of likely N-dealkylation sites (N-methyl/N-ethyl adjacent to an activating group) is 1. The van der Waals surface area contributed by atoms with Gasteiger partial charge in [-0.3, -0.25) is 24.5 Å². The molecule has 332 valence electrons. The van der Waals surface area contributed by atoms with Crippen molar-refractivity contribution in [1.82, 2.24) is 25.5 Å². The summed E-state index contributed by atoms with van der Waals surface area (Å²) in [6.07, 6.45) is 10.3. The highest BCUT2D eigenvalue weighted by atomic mass is 19.1. The monoisotopic (exact) mass is 854 g/mol. The Morgan fingerprint density at radius 1 is 1.00 bits per heavy atom. The van der Waals surface area contributed by atoms with E-state index in [9.17, 15) is 24.3 Å². The molecule has 4 amide bonds. The largest absolute Gasteiger partial charge is 0.495 e. The zero-order valence-corrected chi connectivity index (χ0v) is 35.9. The van der Waals surface area contributed by atoms with E-state index in [0.717, 1.165) is 77.1 Å². The van der Waals surface area contributed by atoms with Gasteiger partial charge in [-0.25, -0.2) is 9.37 Å². The third-order valence-electron chi connectivity index (χ3n) is 13.6. The first-order valence-electron chi connectivity index (χ1n) is 22.2. The number of carbonyl (C=O) groups is 4. The first-order chi connectivity index (χ1) is 30.0. The number of rotatable bonds is 13. The highest BCUT2D eigenvalue weighted by molar-refractivity contribution is 6.04. The SMILES string of the molecule is CC[C@@H]1C(=O)N(C)c2cnc(Nc3ccc(C(=O)NC4(CO)CCN(CC5CCN(c6ccc(NC7CCC(=O)NC7=O)cc6F)CC5)CC4)cc3OC)nc2N1C1CCCC1. The lowest BCUT2D eigenvalue weighted by Gasteiger charge is -2.43. The van der Waals surface area contributed by atoms with Gasteiger partial charge in [-0.05, 0) is 93.7 Å². The molecule has 5 N–H and O–H groups in total. The van der Waals surface area contributed by atoms with Crippen LogP contribution in [0.5, 0.6) is 5.75 Å². The van der Waals surface area contributed by atoms with Crippen LogP contribution in [0.1, 0.15) is 87.9 Å². The molecule has 0 bridgehead atoms. The number of aliphatic hydroxyl groups excluding tert-OH is 1. The Morgan fingerprint density at radius 2 is 1.76 bits per heavy atom. The lowest BCUT2D eigenvalue weighted by molar-refractivity contribution is -0.133. The smallest absolute Gasteiger partial charge is 0.251 e. The van der Waals surface area contributed by atoms with Gasteiger partial charge in [0.15, 0.2) is 5.82 Å². The predicted molar refractivity (Wildman–Crippen MR) is 235 cm³/mol. The third-order valence-corrected chi connectivity index (χ3v) is 13.6. The topological polar surface area (TPSA) is 185 Å².